The minimum atomic E-state index is -4.88. The third-order valence-corrected chi connectivity index (χ3v) is 10.8. The summed E-state index contributed by atoms with van der Waals surface area (Å²) in [4.78, 5) is 85.0. The average Bonchev–Trinajstić information content (AvgIpc) is 3.13. The molecule has 1 aliphatic carbocycles. The van der Waals surface area contributed by atoms with Crippen LogP contribution >= 0.6 is 7.82 Å². The van der Waals surface area contributed by atoms with Gasteiger partial charge in [-0.25, -0.2) is 4.57 Å². The monoisotopic (exact) mass is 838 g/mol. The van der Waals surface area contributed by atoms with Gasteiger partial charge in [0.1, 0.15) is 0 Å². The molecule has 21 heteroatoms. The number of hydrogen-bond acceptors (Lipinski definition) is 13. The second kappa shape index (κ2) is 23.0. The van der Waals surface area contributed by atoms with E-state index in [0.29, 0.717) is 25.7 Å². The normalized spacial score (nSPS) is 15.9. The van der Waals surface area contributed by atoms with Crippen LogP contribution in [0.1, 0.15) is 36.8 Å². The fourth-order valence-electron chi connectivity index (χ4n) is 7.13. The van der Waals surface area contributed by atoms with Crippen LogP contribution < -0.4 is 0 Å². The summed E-state index contributed by atoms with van der Waals surface area (Å²) in [5, 5.41) is 56.7. The van der Waals surface area contributed by atoms with Gasteiger partial charge in [0, 0.05) is 44.2 Å². The Hall–Kier alpha value is -4.79. The summed E-state index contributed by atoms with van der Waals surface area (Å²) in [6.45, 7) is -6.29. The zero-order valence-corrected chi connectivity index (χ0v) is 32.7. The van der Waals surface area contributed by atoms with E-state index in [-0.39, 0.29) is 31.6 Å². The lowest BCUT2D eigenvalue weighted by atomic mass is 9.65. The Morgan fingerprint density at radius 2 is 0.983 bits per heavy atom. The van der Waals surface area contributed by atoms with Crippen molar-refractivity contribution >= 4 is 43.6 Å². The number of nitrogens with zero attached hydrogens (tertiary/aromatic N) is 4. The molecule has 0 aliphatic heterocycles. The van der Waals surface area contributed by atoms with E-state index in [0.717, 1.165) is 20.9 Å². The van der Waals surface area contributed by atoms with Crippen LogP contribution in [0, 0.1) is 0 Å². The number of phosphoric acid groups is 1. The number of benzene rings is 2. The molecule has 58 heavy (non-hydrogen) atoms. The van der Waals surface area contributed by atoms with E-state index in [1.165, 1.54) is 9.80 Å². The first-order valence-corrected chi connectivity index (χ1v) is 19.9. The summed E-state index contributed by atoms with van der Waals surface area (Å²) < 4.78 is 24.4. The number of phosphoric ester groups is 1. The molecule has 2 aromatic carbocycles. The number of rotatable bonds is 28. The molecule has 320 valence electrons. The molecule has 0 spiro atoms. The van der Waals surface area contributed by atoms with Crippen LogP contribution in [0.2, 0.25) is 0 Å². The van der Waals surface area contributed by atoms with Gasteiger partial charge in [-0.3, -0.25) is 57.4 Å². The molecule has 0 saturated heterocycles. The molecule has 20 nitrogen and oxygen atoms in total. The Morgan fingerprint density at radius 3 is 1.41 bits per heavy atom. The molecule has 0 bridgehead atoms. The lowest BCUT2D eigenvalue weighted by molar-refractivity contribution is -0.145. The molecular weight excluding hydrogens is 787 g/mol. The Bertz CT molecular complexity index is 1650. The van der Waals surface area contributed by atoms with Gasteiger partial charge in [0.2, 0.25) is 0 Å². The van der Waals surface area contributed by atoms with Crippen molar-refractivity contribution in [2.45, 2.75) is 43.2 Å². The third-order valence-electron chi connectivity index (χ3n) is 9.71. The molecule has 0 radical (unpaired) electrons. The van der Waals surface area contributed by atoms with Crippen LogP contribution in [0.25, 0.3) is 0 Å². The van der Waals surface area contributed by atoms with Gasteiger partial charge in [0.05, 0.1) is 52.0 Å². The predicted molar refractivity (Wildman–Crippen MR) is 203 cm³/mol. The zero-order valence-electron chi connectivity index (χ0n) is 31.8. The van der Waals surface area contributed by atoms with Crippen LogP contribution in [0.3, 0.4) is 0 Å². The molecule has 2 aromatic rings. The molecule has 1 fully saturated rings. The van der Waals surface area contributed by atoms with Gasteiger partial charge in [-0.2, -0.15) is 0 Å². The summed E-state index contributed by atoms with van der Waals surface area (Å²) in [6.07, 6.45) is 1.16. The lowest BCUT2D eigenvalue weighted by Gasteiger charge is -2.41. The highest BCUT2D eigenvalue weighted by Crippen LogP contribution is 2.51. The van der Waals surface area contributed by atoms with Gasteiger partial charge in [-0.1, -0.05) is 60.7 Å². The van der Waals surface area contributed by atoms with Crippen LogP contribution in [0.5, 0.6) is 0 Å². The first-order chi connectivity index (χ1) is 27.4. The number of carbonyl (C=O) groups is 6. The topological polar surface area (TPSA) is 293 Å². The third kappa shape index (κ3) is 16.6. The van der Waals surface area contributed by atoms with Crippen molar-refractivity contribution in [2.75, 3.05) is 78.6 Å². The maximum absolute atomic E-state index is 13.4. The van der Waals surface area contributed by atoms with Crippen molar-refractivity contribution < 1.29 is 77.9 Å². The van der Waals surface area contributed by atoms with Crippen LogP contribution in [-0.4, -0.2) is 182 Å². The van der Waals surface area contributed by atoms with Gasteiger partial charge >= 0.3 is 43.6 Å². The second-order valence-electron chi connectivity index (χ2n) is 14.0. The molecule has 1 aliphatic rings. The minimum absolute atomic E-state index is 0.144. The van der Waals surface area contributed by atoms with E-state index in [1.807, 2.05) is 60.7 Å². The van der Waals surface area contributed by atoms with Gasteiger partial charge in [-0.05, 0) is 36.8 Å². The van der Waals surface area contributed by atoms with Gasteiger partial charge in [-0.15, -0.1) is 0 Å². The lowest BCUT2D eigenvalue weighted by Crippen LogP contribution is -2.52. The van der Waals surface area contributed by atoms with E-state index in [9.17, 15) is 58.7 Å². The van der Waals surface area contributed by atoms with Crippen molar-refractivity contribution in [3.8, 4) is 0 Å². The molecule has 2 atom stereocenters. The van der Waals surface area contributed by atoms with Crippen LogP contribution in [0.4, 0.5) is 0 Å². The van der Waals surface area contributed by atoms with E-state index in [4.69, 9.17) is 19.3 Å². The van der Waals surface area contributed by atoms with Gasteiger partial charge < -0.3 is 35.5 Å². The first-order valence-electron chi connectivity index (χ1n) is 18.4. The summed E-state index contributed by atoms with van der Waals surface area (Å²) in [5.74, 6) is -8.20. The molecule has 0 heterocycles. The van der Waals surface area contributed by atoms with Crippen LogP contribution in [-0.2, 0) is 47.8 Å². The van der Waals surface area contributed by atoms with Crippen molar-refractivity contribution in [3.05, 3.63) is 71.8 Å². The Balaban J connectivity index is 1.77. The summed E-state index contributed by atoms with van der Waals surface area (Å²) in [5.41, 5.74) is 1.78. The van der Waals surface area contributed by atoms with Crippen molar-refractivity contribution in [3.63, 3.8) is 0 Å². The van der Waals surface area contributed by atoms with Gasteiger partial charge in [0.15, 0.2) is 0 Å². The highest BCUT2D eigenvalue weighted by molar-refractivity contribution is 7.47. The summed E-state index contributed by atoms with van der Waals surface area (Å²) >= 11 is 0. The number of carboxylic acids is 6. The van der Waals surface area contributed by atoms with Gasteiger partial charge in [0.25, 0.3) is 0 Å². The van der Waals surface area contributed by atoms with Crippen molar-refractivity contribution in [1.82, 2.24) is 19.6 Å². The highest BCUT2D eigenvalue weighted by atomic mass is 31.2. The molecular formula is C37H51N4O16P. The van der Waals surface area contributed by atoms with Crippen molar-refractivity contribution in [1.29, 1.82) is 0 Å². The first kappa shape index (κ1) is 47.6. The highest BCUT2D eigenvalue weighted by Gasteiger charge is 2.41. The molecule has 0 amide bonds. The molecule has 0 aromatic heterocycles. The zero-order chi connectivity index (χ0) is 42.9. The number of carboxylic acid groups (broad SMARTS) is 6. The Labute approximate surface area is 334 Å². The number of hydrogen-bond donors (Lipinski definition) is 7. The SMILES string of the molecule is O=C(O)CN(CCN(CC(=O)O)CC(=O)O)CCN(CC(=O)O)C[C@H](COP(=O)(O)OC1CCC(c2ccccc2)(c2ccccc2)CC1)N(CC(=O)O)CC(=O)O. The van der Waals surface area contributed by atoms with E-state index in [2.05, 4.69) is 0 Å². The Morgan fingerprint density at radius 1 is 0.603 bits per heavy atom. The minimum Gasteiger partial charge on any atom is -0.480 e. The summed E-state index contributed by atoms with van der Waals surface area (Å²) in [6, 6.07) is 18.4. The van der Waals surface area contributed by atoms with E-state index < -0.39 is 108 Å². The average molecular weight is 839 g/mol. The van der Waals surface area contributed by atoms with E-state index in [1.54, 1.807) is 0 Å². The fourth-order valence-corrected chi connectivity index (χ4v) is 8.14. The largest absolute Gasteiger partial charge is 0.480 e. The molecule has 7 N–H and O–H groups in total. The maximum Gasteiger partial charge on any atom is 0.472 e. The molecule has 3 rings (SSSR count). The Kier molecular flexibility index (Phi) is 18.8. The van der Waals surface area contributed by atoms with Crippen LogP contribution in [0.15, 0.2) is 60.7 Å². The predicted octanol–water partition coefficient (Wildman–Crippen LogP) is 1.13. The standard InChI is InChI=1S/C37H51N4O16P/c42-31(43)20-38(16-18-40(22-33(46)47)23-34(48)49)15-17-39(21-32(44)45)19-29(41(24-35(50)51)25-36(52)53)26-56-58(54,55)57-30-11-13-37(14-12-30,27-7-3-1-4-8-27)28-9-5-2-6-10-28/h1-10,29-30H,11-26H2,(H,42,43)(H,44,45)(H,46,47)(H,48,49)(H,50,51)(H,52,53)(H,54,55)/t29-/m1/s1. The summed E-state index contributed by atoms with van der Waals surface area (Å²) in [7, 11) is -4.88. The smallest absolute Gasteiger partial charge is 0.472 e. The van der Waals surface area contributed by atoms with Crippen molar-refractivity contribution in [2.24, 2.45) is 0 Å². The molecule has 1 unspecified atom stereocenters. The number of aliphatic carboxylic acids is 6. The fraction of sp³-hybridized carbons (Fsp3) is 0.514. The quantitative estimate of drug-likeness (QED) is 0.0591. The second-order valence-corrected chi connectivity index (χ2v) is 15.4. The maximum atomic E-state index is 13.4. The molecule has 1 saturated carbocycles. The van der Waals surface area contributed by atoms with E-state index >= 15 is 0 Å².